The Kier molecular flexibility index (Phi) is 3.14. The number of carbonyl (C=O) groups is 1. The Balaban J connectivity index is 2.01. The maximum Gasteiger partial charge on any atom is 0.347 e. The third-order valence-electron chi connectivity index (χ3n) is 3.49. The number of nitrogens with one attached hydrogen (secondary N) is 1. The van der Waals surface area contributed by atoms with Crippen LogP contribution in [0.4, 0.5) is 5.13 Å². The Bertz CT molecular complexity index is 391. The Morgan fingerprint density at radius 3 is 2.81 bits per heavy atom. The van der Waals surface area contributed by atoms with E-state index in [9.17, 15) is 4.79 Å². The number of hydrogen-bond acceptors (Lipinski definition) is 4. The van der Waals surface area contributed by atoms with Crippen LogP contribution in [0.5, 0.6) is 0 Å². The van der Waals surface area contributed by atoms with Crippen molar-refractivity contribution in [1.82, 2.24) is 4.98 Å². The minimum atomic E-state index is -0.904. The molecule has 0 amide bonds. The molecule has 5 heteroatoms. The second-order valence-corrected chi connectivity index (χ2v) is 5.53. The molecule has 0 bridgehead atoms. The Hall–Kier alpha value is -1.10. The van der Waals surface area contributed by atoms with Crippen molar-refractivity contribution in [1.29, 1.82) is 0 Å². The Morgan fingerprint density at radius 2 is 2.31 bits per heavy atom. The first-order chi connectivity index (χ1) is 7.58. The van der Waals surface area contributed by atoms with Crippen LogP contribution in [0, 0.1) is 11.8 Å². The van der Waals surface area contributed by atoms with E-state index in [2.05, 4.69) is 24.1 Å². The van der Waals surface area contributed by atoms with Gasteiger partial charge >= 0.3 is 5.97 Å². The first kappa shape index (κ1) is 11.4. The zero-order valence-corrected chi connectivity index (χ0v) is 10.3. The summed E-state index contributed by atoms with van der Waals surface area (Å²) in [5.74, 6) is 0.451. The third kappa shape index (κ3) is 2.19. The summed E-state index contributed by atoms with van der Waals surface area (Å²) in [5, 5.41) is 12.9. The van der Waals surface area contributed by atoms with E-state index in [1.54, 1.807) is 0 Å². The fourth-order valence-electron chi connectivity index (χ4n) is 2.17. The van der Waals surface area contributed by atoms with E-state index < -0.39 is 5.97 Å². The predicted octanol–water partition coefficient (Wildman–Crippen LogP) is 2.69. The van der Waals surface area contributed by atoms with Crippen LogP contribution in [-0.2, 0) is 0 Å². The average Bonchev–Trinajstić information content (AvgIpc) is 2.81. The van der Waals surface area contributed by atoms with Crippen LogP contribution in [0.3, 0.4) is 0 Å². The SMILES string of the molecule is CC1CCC(Nc2ncc(C(=O)O)s2)C1C. The summed E-state index contributed by atoms with van der Waals surface area (Å²) in [5.41, 5.74) is 0. The predicted molar refractivity (Wildman–Crippen MR) is 64.0 cm³/mol. The lowest BCUT2D eigenvalue weighted by atomic mass is 9.98. The molecule has 2 rings (SSSR count). The van der Waals surface area contributed by atoms with Gasteiger partial charge < -0.3 is 10.4 Å². The van der Waals surface area contributed by atoms with Crippen molar-refractivity contribution in [2.75, 3.05) is 5.32 Å². The maximum atomic E-state index is 10.7. The molecule has 0 aromatic carbocycles. The van der Waals surface area contributed by atoms with Gasteiger partial charge in [-0.1, -0.05) is 25.2 Å². The average molecular weight is 240 g/mol. The molecule has 1 saturated carbocycles. The quantitative estimate of drug-likeness (QED) is 0.852. The number of anilines is 1. The van der Waals surface area contributed by atoms with Gasteiger partial charge in [-0.2, -0.15) is 0 Å². The first-order valence-electron chi connectivity index (χ1n) is 5.53. The van der Waals surface area contributed by atoms with E-state index in [4.69, 9.17) is 5.11 Å². The molecule has 3 unspecified atom stereocenters. The van der Waals surface area contributed by atoms with Crippen LogP contribution in [-0.4, -0.2) is 22.1 Å². The number of carboxylic acid groups (broad SMARTS) is 1. The topological polar surface area (TPSA) is 62.2 Å². The standard InChI is InChI=1S/C11H16N2O2S/c1-6-3-4-8(7(6)2)13-11-12-5-9(16-11)10(14)15/h5-8H,3-4H2,1-2H3,(H,12,13)(H,14,15). The highest BCUT2D eigenvalue weighted by molar-refractivity contribution is 7.17. The maximum absolute atomic E-state index is 10.7. The second kappa shape index (κ2) is 4.41. The first-order valence-corrected chi connectivity index (χ1v) is 6.35. The number of nitrogens with zero attached hydrogens (tertiary/aromatic N) is 1. The highest BCUT2D eigenvalue weighted by atomic mass is 32.1. The van der Waals surface area contributed by atoms with Crippen molar-refractivity contribution in [3.05, 3.63) is 11.1 Å². The van der Waals surface area contributed by atoms with Crippen molar-refractivity contribution >= 4 is 22.4 Å². The van der Waals surface area contributed by atoms with Gasteiger partial charge in [0.15, 0.2) is 5.13 Å². The molecular weight excluding hydrogens is 224 g/mol. The van der Waals surface area contributed by atoms with Crippen LogP contribution in [0.1, 0.15) is 36.4 Å². The van der Waals surface area contributed by atoms with Crippen molar-refractivity contribution in [3.8, 4) is 0 Å². The summed E-state index contributed by atoms with van der Waals surface area (Å²) in [4.78, 5) is 15.1. The molecule has 88 valence electrons. The minimum absolute atomic E-state index is 0.293. The molecule has 2 N–H and O–H groups in total. The number of rotatable bonds is 3. The summed E-state index contributed by atoms with van der Waals surface area (Å²) in [6.45, 7) is 4.50. The van der Waals surface area contributed by atoms with Gasteiger partial charge in [-0.15, -0.1) is 0 Å². The molecule has 1 aliphatic carbocycles. The molecule has 1 fully saturated rings. The monoisotopic (exact) mass is 240 g/mol. The largest absolute Gasteiger partial charge is 0.477 e. The van der Waals surface area contributed by atoms with E-state index in [-0.39, 0.29) is 0 Å². The van der Waals surface area contributed by atoms with Gasteiger partial charge in [0.05, 0.1) is 6.20 Å². The van der Waals surface area contributed by atoms with Gasteiger partial charge in [0.1, 0.15) is 4.88 Å². The van der Waals surface area contributed by atoms with Gasteiger partial charge in [0.25, 0.3) is 0 Å². The fraction of sp³-hybridized carbons (Fsp3) is 0.636. The zero-order chi connectivity index (χ0) is 11.7. The van der Waals surface area contributed by atoms with Gasteiger partial charge in [0, 0.05) is 6.04 Å². The van der Waals surface area contributed by atoms with Gasteiger partial charge in [-0.05, 0) is 24.7 Å². The summed E-state index contributed by atoms with van der Waals surface area (Å²) in [6, 6.07) is 0.433. The summed E-state index contributed by atoms with van der Waals surface area (Å²) >= 11 is 1.21. The Labute approximate surface area is 98.7 Å². The molecule has 1 heterocycles. The van der Waals surface area contributed by atoms with E-state index in [1.807, 2.05) is 0 Å². The smallest absolute Gasteiger partial charge is 0.347 e. The fourth-order valence-corrected chi connectivity index (χ4v) is 2.88. The van der Waals surface area contributed by atoms with Gasteiger partial charge in [0.2, 0.25) is 0 Å². The molecule has 0 aliphatic heterocycles. The molecule has 1 aliphatic rings. The van der Waals surface area contributed by atoms with E-state index in [0.717, 1.165) is 17.5 Å². The van der Waals surface area contributed by atoms with Gasteiger partial charge in [-0.25, -0.2) is 9.78 Å². The van der Waals surface area contributed by atoms with Crippen LogP contribution in [0.15, 0.2) is 6.20 Å². The van der Waals surface area contributed by atoms with E-state index in [0.29, 0.717) is 16.8 Å². The molecular formula is C11H16N2O2S. The zero-order valence-electron chi connectivity index (χ0n) is 9.43. The Morgan fingerprint density at radius 1 is 1.56 bits per heavy atom. The van der Waals surface area contributed by atoms with E-state index >= 15 is 0 Å². The molecule has 0 spiro atoms. The minimum Gasteiger partial charge on any atom is -0.477 e. The van der Waals surface area contributed by atoms with Crippen molar-refractivity contribution < 1.29 is 9.90 Å². The lowest BCUT2D eigenvalue weighted by Gasteiger charge is -2.18. The highest BCUT2D eigenvalue weighted by Gasteiger charge is 2.30. The van der Waals surface area contributed by atoms with Crippen LogP contribution < -0.4 is 5.32 Å². The van der Waals surface area contributed by atoms with Crippen molar-refractivity contribution in [3.63, 3.8) is 0 Å². The number of carboxylic acids is 1. The molecule has 1 aromatic heterocycles. The highest BCUT2D eigenvalue weighted by Crippen LogP contribution is 2.33. The van der Waals surface area contributed by atoms with Crippen LogP contribution in [0.2, 0.25) is 0 Å². The molecule has 0 saturated heterocycles. The molecule has 4 nitrogen and oxygen atoms in total. The van der Waals surface area contributed by atoms with Crippen LogP contribution in [0.25, 0.3) is 0 Å². The summed E-state index contributed by atoms with van der Waals surface area (Å²) < 4.78 is 0. The normalized spacial score (nSPS) is 29.2. The number of thiazole rings is 1. The lowest BCUT2D eigenvalue weighted by Crippen LogP contribution is -2.23. The second-order valence-electron chi connectivity index (χ2n) is 4.50. The summed E-state index contributed by atoms with van der Waals surface area (Å²) in [7, 11) is 0. The number of aromatic nitrogens is 1. The van der Waals surface area contributed by atoms with E-state index in [1.165, 1.54) is 24.0 Å². The molecule has 3 atom stereocenters. The lowest BCUT2D eigenvalue weighted by molar-refractivity contribution is 0.0702. The van der Waals surface area contributed by atoms with Crippen LogP contribution >= 0.6 is 11.3 Å². The van der Waals surface area contributed by atoms with Gasteiger partial charge in [-0.3, -0.25) is 0 Å². The van der Waals surface area contributed by atoms with Crippen molar-refractivity contribution in [2.45, 2.75) is 32.7 Å². The molecule has 0 radical (unpaired) electrons. The third-order valence-corrected chi connectivity index (χ3v) is 4.41. The molecule has 1 aromatic rings. The summed E-state index contributed by atoms with van der Waals surface area (Å²) in [6.07, 6.45) is 3.79. The number of aromatic carboxylic acids is 1. The van der Waals surface area contributed by atoms with Crippen molar-refractivity contribution in [2.24, 2.45) is 11.8 Å². The molecule has 16 heavy (non-hydrogen) atoms. The number of hydrogen-bond donors (Lipinski definition) is 2.